The first-order valence-electron chi connectivity index (χ1n) is 8.07. The lowest BCUT2D eigenvalue weighted by atomic mass is 10.0. The maximum atomic E-state index is 12.0. The molecule has 1 N–H and O–H groups in total. The van der Waals surface area contributed by atoms with Crippen LogP contribution in [0.25, 0.3) is 27.4 Å². The van der Waals surface area contributed by atoms with Crippen molar-refractivity contribution >= 4 is 50.7 Å². The van der Waals surface area contributed by atoms with Gasteiger partial charge >= 0.3 is 0 Å². The molecule has 0 aliphatic carbocycles. The predicted octanol–water partition coefficient (Wildman–Crippen LogP) is 5.05. The van der Waals surface area contributed by atoms with Crippen LogP contribution in [0, 0.1) is 12.3 Å². The standard InChI is InChI=1S/C21H13N3OS2/c1-2-20-24-18(12-26-20)23-19(25)11-8-14-6-9-15(10-7-14)16-4-3-5-17-21(16)27-13-22-17/h1,3-13H,(H,23,25). The summed E-state index contributed by atoms with van der Waals surface area (Å²) < 4.78 is 1.18. The van der Waals surface area contributed by atoms with Crippen LogP contribution in [0.3, 0.4) is 0 Å². The van der Waals surface area contributed by atoms with Crippen molar-refractivity contribution in [2.75, 3.05) is 5.32 Å². The molecular weight excluding hydrogens is 374 g/mol. The number of terminal acetylenes is 1. The van der Waals surface area contributed by atoms with Crippen LogP contribution < -0.4 is 5.32 Å². The lowest BCUT2D eigenvalue weighted by Crippen LogP contribution is -2.07. The molecule has 4 aromatic rings. The summed E-state index contributed by atoms with van der Waals surface area (Å²) in [4.78, 5) is 20.5. The molecule has 0 saturated carbocycles. The van der Waals surface area contributed by atoms with E-state index in [0.29, 0.717) is 10.8 Å². The third-order valence-corrected chi connectivity index (χ3v) is 5.53. The Hall–Kier alpha value is -3.27. The fraction of sp³-hybridized carbons (Fsp3) is 0. The van der Waals surface area contributed by atoms with Crippen LogP contribution in [-0.2, 0) is 4.79 Å². The largest absolute Gasteiger partial charge is 0.306 e. The summed E-state index contributed by atoms with van der Waals surface area (Å²) in [6.45, 7) is 0. The number of benzene rings is 2. The van der Waals surface area contributed by atoms with Crippen molar-refractivity contribution in [2.45, 2.75) is 0 Å². The second-order valence-electron chi connectivity index (χ2n) is 5.63. The maximum absolute atomic E-state index is 12.0. The molecule has 2 aromatic carbocycles. The second-order valence-corrected chi connectivity index (χ2v) is 7.35. The highest BCUT2D eigenvalue weighted by Gasteiger charge is 2.06. The number of hydrogen-bond acceptors (Lipinski definition) is 5. The molecule has 1 amide bonds. The summed E-state index contributed by atoms with van der Waals surface area (Å²) >= 11 is 2.95. The average Bonchev–Trinajstić information content (AvgIpc) is 3.35. The maximum Gasteiger partial charge on any atom is 0.249 e. The SMILES string of the molecule is C#Cc1nc(NC(=O)C=Cc2ccc(-c3cccc4ncsc34)cc2)cs1. The molecule has 0 bridgehead atoms. The van der Waals surface area contributed by atoms with Crippen molar-refractivity contribution in [1.82, 2.24) is 9.97 Å². The quantitative estimate of drug-likeness (QED) is 0.394. The Morgan fingerprint density at radius 3 is 2.78 bits per heavy atom. The zero-order valence-corrected chi connectivity index (χ0v) is 15.7. The number of fused-ring (bicyclic) bond motifs is 1. The van der Waals surface area contributed by atoms with E-state index >= 15 is 0 Å². The Morgan fingerprint density at radius 2 is 2.00 bits per heavy atom. The highest BCUT2D eigenvalue weighted by atomic mass is 32.1. The molecule has 6 heteroatoms. The van der Waals surface area contributed by atoms with Gasteiger partial charge in [0.15, 0.2) is 5.01 Å². The topological polar surface area (TPSA) is 54.9 Å². The smallest absolute Gasteiger partial charge is 0.249 e. The number of rotatable bonds is 4. The summed E-state index contributed by atoms with van der Waals surface area (Å²) in [7, 11) is 0. The summed E-state index contributed by atoms with van der Waals surface area (Å²) in [5.74, 6) is 2.66. The first kappa shape index (κ1) is 17.2. The van der Waals surface area contributed by atoms with Crippen molar-refractivity contribution in [3.8, 4) is 23.5 Å². The first-order chi connectivity index (χ1) is 13.2. The summed E-state index contributed by atoms with van der Waals surface area (Å²) in [6.07, 6.45) is 8.52. The Kier molecular flexibility index (Phi) is 4.79. The summed E-state index contributed by atoms with van der Waals surface area (Å²) in [5.41, 5.74) is 6.09. The molecule has 0 atom stereocenters. The van der Waals surface area contributed by atoms with Gasteiger partial charge in [0.25, 0.3) is 0 Å². The van der Waals surface area contributed by atoms with E-state index in [1.165, 1.54) is 22.1 Å². The van der Waals surface area contributed by atoms with Crippen molar-refractivity contribution in [2.24, 2.45) is 0 Å². The molecule has 2 heterocycles. The molecule has 0 radical (unpaired) electrons. The number of amides is 1. The Bertz CT molecular complexity index is 1180. The van der Waals surface area contributed by atoms with Crippen LogP contribution >= 0.6 is 22.7 Å². The normalized spacial score (nSPS) is 10.9. The third-order valence-electron chi connectivity index (χ3n) is 3.88. The van der Waals surface area contributed by atoms with Gasteiger partial charge in [0.1, 0.15) is 5.82 Å². The Labute approximate surface area is 164 Å². The van der Waals surface area contributed by atoms with Gasteiger partial charge in [-0.05, 0) is 29.2 Å². The molecule has 27 heavy (non-hydrogen) atoms. The van der Waals surface area contributed by atoms with Crippen LogP contribution in [0.4, 0.5) is 5.82 Å². The summed E-state index contributed by atoms with van der Waals surface area (Å²) in [5, 5.41) is 4.95. The first-order valence-corrected chi connectivity index (χ1v) is 9.83. The minimum Gasteiger partial charge on any atom is -0.306 e. The van der Waals surface area contributed by atoms with Gasteiger partial charge in [-0.3, -0.25) is 4.79 Å². The Balaban J connectivity index is 1.47. The van der Waals surface area contributed by atoms with E-state index < -0.39 is 0 Å². The van der Waals surface area contributed by atoms with Gasteiger partial charge < -0.3 is 5.32 Å². The molecule has 130 valence electrons. The predicted molar refractivity (Wildman–Crippen MR) is 113 cm³/mol. The molecule has 4 rings (SSSR count). The molecule has 0 spiro atoms. The number of aromatic nitrogens is 2. The van der Waals surface area contributed by atoms with Crippen molar-refractivity contribution in [3.05, 3.63) is 70.0 Å². The zero-order valence-electron chi connectivity index (χ0n) is 14.0. The fourth-order valence-corrected chi connectivity index (χ4v) is 4.00. The number of nitrogens with one attached hydrogen (secondary N) is 1. The van der Waals surface area contributed by atoms with Gasteiger partial charge in [0.05, 0.1) is 15.7 Å². The molecule has 2 aromatic heterocycles. The van der Waals surface area contributed by atoms with Crippen molar-refractivity contribution in [3.63, 3.8) is 0 Å². The molecule has 0 saturated heterocycles. The lowest BCUT2D eigenvalue weighted by Gasteiger charge is -2.03. The van der Waals surface area contributed by atoms with Gasteiger partial charge in [-0.1, -0.05) is 36.4 Å². The van der Waals surface area contributed by atoms with E-state index in [9.17, 15) is 4.79 Å². The number of carbonyl (C=O) groups is 1. The second kappa shape index (κ2) is 7.54. The minimum absolute atomic E-state index is 0.248. The Morgan fingerprint density at radius 1 is 1.15 bits per heavy atom. The minimum atomic E-state index is -0.248. The number of thiazole rings is 2. The average molecular weight is 387 g/mol. The van der Waals surface area contributed by atoms with Crippen molar-refractivity contribution in [1.29, 1.82) is 0 Å². The van der Waals surface area contributed by atoms with Gasteiger partial charge in [-0.25, -0.2) is 9.97 Å². The molecular formula is C21H13N3OS2. The van der Waals surface area contributed by atoms with E-state index in [2.05, 4.69) is 27.3 Å². The monoisotopic (exact) mass is 387 g/mol. The van der Waals surface area contributed by atoms with Crippen LogP contribution in [0.15, 0.2) is 59.4 Å². The van der Waals surface area contributed by atoms with E-state index in [-0.39, 0.29) is 5.91 Å². The third kappa shape index (κ3) is 3.80. The number of nitrogens with zero attached hydrogens (tertiary/aromatic N) is 2. The number of anilines is 1. The van der Waals surface area contributed by atoms with E-state index in [4.69, 9.17) is 6.42 Å². The molecule has 0 fully saturated rings. The lowest BCUT2D eigenvalue weighted by molar-refractivity contribution is -0.111. The molecule has 0 unspecified atom stereocenters. The van der Waals surface area contributed by atoms with Gasteiger partial charge in [-0.15, -0.1) is 29.1 Å². The van der Waals surface area contributed by atoms with Gasteiger partial charge in [0, 0.05) is 17.0 Å². The molecule has 0 aliphatic heterocycles. The van der Waals surface area contributed by atoms with E-state index in [1.807, 2.05) is 41.9 Å². The zero-order chi connectivity index (χ0) is 18.6. The summed E-state index contributed by atoms with van der Waals surface area (Å²) in [6, 6.07) is 14.2. The van der Waals surface area contributed by atoms with Crippen LogP contribution in [0.1, 0.15) is 10.6 Å². The fourth-order valence-electron chi connectivity index (χ4n) is 2.62. The number of carbonyl (C=O) groups excluding carboxylic acids is 1. The van der Waals surface area contributed by atoms with E-state index in [1.54, 1.807) is 22.8 Å². The molecule has 0 aliphatic rings. The van der Waals surface area contributed by atoms with Crippen LogP contribution in [0.2, 0.25) is 0 Å². The van der Waals surface area contributed by atoms with Gasteiger partial charge in [0.2, 0.25) is 5.91 Å². The van der Waals surface area contributed by atoms with Gasteiger partial charge in [-0.2, -0.15) is 0 Å². The highest BCUT2D eigenvalue weighted by molar-refractivity contribution is 7.17. The van der Waals surface area contributed by atoms with Crippen LogP contribution in [0.5, 0.6) is 0 Å². The van der Waals surface area contributed by atoms with Crippen LogP contribution in [-0.4, -0.2) is 15.9 Å². The van der Waals surface area contributed by atoms with Crippen molar-refractivity contribution < 1.29 is 4.79 Å². The number of hydrogen-bond donors (Lipinski definition) is 1. The van der Waals surface area contributed by atoms with E-state index in [0.717, 1.165) is 22.2 Å². The molecule has 4 nitrogen and oxygen atoms in total. The highest BCUT2D eigenvalue weighted by Crippen LogP contribution is 2.31.